The number of rotatable bonds is 1. The molecule has 3 nitrogen and oxygen atoms in total. The number of hydrogen-bond acceptors (Lipinski definition) is 2. The zero-order chi connectivity index (χ0) is 16.9. The minimum atomic E-state index is -4.55. The lowest BCUT2D eigenvalue weighted by molar-refractivity contribution is -0.138. The lowest BCUT2D eigenvalue weighted by Gasteiger charge is -2.39. The number of carbonyl (C=O) groups excluding carboxylic acids is 1. The summed E-state index contributed by atoms with van der Waals surface area (Å²) in [6.07, 6.45) is -4.55. The van der Waals surface area contributed by atoms with Crippen LogP contribution in [0.2, 0.25) is 0 Å². The molecule has 0 aromatic heterocycles. The molecule has 0 saturated carbocycles. The summed E-state index contributed by atoms with van der Waals surface area (Å²) in [6, 6.07) is 12.8. The lowest BCUT2D eigenvalue weighted by Crippen LogP contribution is -2.49. The second-order valence-electron chi connectivity index (χ2n) is 6.11. The molecule has 4 rings (SSSR count). The van der Waals surface area contributed by atoms with Crippen LogP contribution in [0.25, 0.3) is 0 Å². The van der Waals surface area contributed by atoms with Crippen LogP contribution >= 0.6 is 0 Å². The number of amides is 1. The van der Waals surface area contributed by atoms with Crippen LogP contribution in [0.5, 0.6) is 0 Å². The van der Waals surface area contributed by atoms with Crippen LogP contribution in [0.4, 0.5) is 18.9 Å². The molecule has 2 aliphatic heterocycles. The van der Waals surface area contributed by atoms with Crippen molar-refractivity contribution in [3.63, 3.8) is 0 Å². The summed E-state index contributed by atoms with van der Waals surface area (Å²) in [6.45, 7) is 1.14. The smallest absolute Gasteiger partial charge is 0.314 e. The lowest BCUT2D eigenvalue weighted by atomic mass is 9.82. The number of alkyl halides is 3. The first-order valence-corrected chi connectivity index (χ1v) is 7.78. The molecule has 0 aliphatic carbocycles. The summed E-state index contributed by atoms with van der Waals surface area (Å²) in [7, 11) is 0. The molecule has 2 aliphatic rings. The molecule has 2 atom stereocenters. The molecule has 2 aromatic rings. The van der Waals surface area contributed by atoms with Crippen molar-refractivity contribution in [1.29, 1.82) is 0 Å². The SMILES string of the molecule is O=C1c2c(cccc2C(F)(F)F)C2CNCC2N1c1ccccc1. The molecule has 6 heteroatoms. The Bertz CT molecular complexity index is 789. The molecule has 2 heterocycles. The van der Waals surface area contributed by atoms with Crippen molar-refractivity contribution in [2.45, 2.75) is 18.1 Å². The highest BCUT2D eigenvalue weighted by Gasteiger charge is 2.47. The molecule has 24 heavy (non-hydrogen) atoms. The summed E-state index contributed by atoms with van der Waals surface area (Å²) in [5.74, 6) is -0.714. The number of nitrogens with one attached hydrogen (secondary N) is 1. The third-order valence-corrected chi connectivity index (χ3v) is 4.78. The number of carbonyl (C=O) groups is 1. The van der Waals surface area contributed by atoms with E-state index in [1.807, 2.05) is 6.07 Å². The van der Waals surface area contributed by atoms with Crippen molar-refractivity contribution in [3.8, 4) is 0 Å². The molecule has 0 radical (unpaired) electrons. The van der Waals surface area contributed by atoms with Gasteiger partial charge < -0.3 is 10.2 Å². The van der Waals surface area contributed by atoms with Crippen LogP contribution < -0.4 is 10.2 Å². The third kappa shape index (κ3) is 2.21. The topological polar surface area (TPSA) is 32.3 Å². The summed E-state index contributed by atoms with van der Waals surface area (Å²) in [5, 5.41) is 3.21. The molecule has 0 spiro atoms. The Morgan fingerprint density at radius 2 is 1.75 bits per heavy atom. The summed E-state index contributed by atoms with van der Waals surface area (Å²) in [5.41, 5.74) is 0.0657. The van der Waals surface area contributed by atoms with Gasteiger partial charge in [-0.25, -0.2) is 0 Å². The molecular formula is C18H15F3N2O. The molecule has 2 aromatic carbocycles. The number of para-hydroxylation sites is 1. The van der Waals surface area contributed by atoms with Gasteiger partial charge in [-0.2, -0.15) is 13.2 Å². The van der Waals surface area contributed by atoms with Crippen molar-refractivity contribution < 1.29 is 18.0 Å². The van der Waals surface area contributed by atoms with Gasteiger partial charge in [0.05, 0.1) is 17.2 Å². The maximum absolute atomic E-state index is 13.4. The monoisotopic (exact) mass is 332 g/mol. The predicted molar refractivity (Wildman–Crippen MR) is 84.1 cm³/mol. The average molecular weight is 332 g/mol. The van der Waals surface area contributed by atoms with E-state index in [0.717, 1.165) is 6.07 Å². The maximum Gasteiger partial charge on any atom is 0.417 e. The van der Waals surface area contributed by atoms with Crippen molar-refractivity contribution in [2.24, 2.45) is 0 Å². The van der Waals surface area contributed by atoms with E-state index in [4.69, 9.17) is 0 Å². The van der Waals surface area contributed by atoms with Crippen LogP contribution in [-0.4, -0.2) is 25.0 Å². The van der Waals surface area contributed by atoms with Crippen LogP contribution in [0.3, 0.4) is 0 Å². The van der Waals surface area contributed by atoms with Crippen LogP contribution in [0, 0.1) is 0 Å². The normalized spacial score (nSPS) is 23.1. The zero-order valence-corrected chi connectivity index (χ0v) is 12.7. The van der Waals surface area contributed by atoms with E-state index < -0.39 is 17.6 Å². The van der Waals surface area contributed by atoms with Gasteiger partial charge >= 0.3 is 6.18 Å². The first kappa shape index (κ1) is 15.2. The summed E-state index contributed by atoms with van der Waals surface area (Å²) in [4.78, 5) is 14.5. The molecule has 1 fully saturated rings. The number of fused-ring (bicyclic) bond motifs is 3. The van der Waals surface area contributed by atoms with Crippen LogP contribution in [0.15, 0.2) is 48.5 Å². The van der Waals surface area contributed by atoms with E-state index in [-0.39, 0.29) is 17.5 Å². The minimum Gasteiger partial charge on any atom is -0.314 e. The van der Waals surface area contributed by atoms with E-state index in [1.54, 1.807) is 30.3 Å². The van der Waals surface area contributed by atoms with Gasteiger partial charge in [0.1, 0.15) is 0 Å². The molecule has 2 unspecified atom stereocenters. The highest BCUT2D eigenvalue weighted by atomic mass is 19.4. The molecular weight excluding hydrogens is 317 g/mol. The van der Waals surface area contributed by atoms with E-state index in [2.05, 4.69) is 5.32 Å². The van der Waals surface area contributed by atoms with Gasteiger partial charge in [-0.05, 0) is 23.8 Å². The average Bonchev–Trinajstić information content (AvgIpc) is 3.04. The quantitative estimate of drug-likeness (QED) is 0.868. The summed E-state index contributed by atoms with van der Waals surface area (Å²) < 4.78 is 40.3. The molecule has 1 amide bonds. The second kappa shape index (κ2) is 5.34. The maximum atomic E-state index is 13.4. The van der Waals surface area contributed by atoms with Crippen molar-refractivity contribution in [2.75, 3.05) is 18.0 Å². The fraction of sp³-hybridized carbons (Fsp3) is 0.278. The minimum absolute atomic E-state index is 0.139. The Kier molecular flexibility index (Phi) is 3.38. The van der Waals surface area contributed by atoms with Gasteiger partial charge in [0, 0.05) is 24.7 Å². The molecule has 1 N–H and O–H groups in total. The number of nitrogens with zero attached hydrogens (tertiary/aromatic N) is 1. The molecule has 1 saturated heterocycles. The van der Waals surface area contributed by atoms with E-state index in [9.17, 15) is 18.0 Å². The van der Waals surface area contributed by atoms with Gasteiger partial charge in [-0.3, -0.25) is 4.79 Å². The zero-order valence-electron chi connectivity index (χ0n) is 12.7. The van der Waals surface area contributed by atoms with E-state index in [0.29, 0.717) is 24.3 Å². The van der Waals surface area contributed by atoms with Crippen LogP contribution in [-0.2, 0) is 6.18 Å². The van der Waals surface area contributed by atoms with E-state index >= 15 is 0 Å². The highest BCUT2D eigenvalue weighted by Crippen LogP contribution is 2.43. The van der Waals surface area contributed by atoms with Gasteiger partial charge in [-0.15, -0.1) is 0 Å². The van der Waals surface area contributed by atoms with Gasteiger partial charge in [0.2, 0.25) is 0 Å². The standard InChI is InChI=1S/C18H15F3N2O/c19-18(20,21)14-8-4-7-12-13-9-22-10-15(13)23(17(24)16(12)14)11-5-2-1-3-6-11/h1-8,13,15,22H,9-10H2. The number of hydrogen-bond donors (Lipinski definition) is 1. The largest absolute Gasteiger partial charge is 0.417 e. The highest BCUT2D eigenvalue weighted by molar-refractivity contribution is 6.10. The Hall–Kier alpha value is -2.34. The number of anilines is 1. The Labute approximate surface area is 137 Å². The third-order valence-electron chi connectivity index (χ3n) is 4.78. The number of benzene rings is 2. The van der Waals surface area contributed by atoms with Gasteiger partial charge in [0.15, 0.2) is 0 Å². The second-order valence-corrected chi connectivity index (χ2v) is 6.11. The first-order valence-electron chi connectivity index (χ1n) is 7.78. The van der Waals surface area contributed by atoms with Crippen molar-refractivity contribution in [1.82, 2.24) is 5.32 Å². The van der Waals surface area contributed by atoms with Gasteiger partial charge in [-0.1, -0.05) is 30.3 Å². The van der Waals surface area contributed by atoms with Crippen LogP contribution in [0.1, 0.15) is 27.4 Å². The fourth-order valence-electron chi connectivity index (χ4n) is 3.78. The Morgan fingerprint density at radius 3 is 2.46 bits per heavy atom. The van der Waals surface area contributed by atoms with Crippen molar-refractivity contribution in [3.05, 3.63) is 65.2 Å². The first-order chi connectivity index (χ1) is 11.5. The van der Waals surface area contributed by atoms with E-state index in [1.165, 1.54) is 11.0 Å². The Balaban J connectivity index is 1.93. The fourth-order valence-corrected chi connectivity index (χ4v) is 3.78. The number of halogens is 3. The molecule has 0 bridgehead atoms. The van der Waals surface area contributed by atoms with Crippen molar-refractivity contribution >= 4 is 11.6 Å². The Morgan fingerprint density at radius 1 is 1.00 bits per heavy atom. The predicted octanol–water partition coefficient (Wildman–Crippen LogP) is 3.42. The summed E-state index contributed by atoms with van der Waals surface area (Å²) >= 11 is 0. The van der Waals surface area contributed by atoms with Gasteiger partial charge in [0.25, 0.3) is 5.91 Å². The molecule has 124 valence electrons.